The molecule has 72 heavy (non-hydrogen) atoms. The summed E-state index contributed by atoms with van der Waals surface area (Å²) in [4.78, 5) is 20.4. The Bertz CT molecular complexity index is 4200. The molecule has 0 aliphatic carbocycles. The molecule has 6 nitrogen and oxygen atoms in total. The second-order valence-corrected chi connectivity index (χ2v) is 19.0. The molecule has 0 radical (unpaired) electrons. The van der Waals surface area contributed by atoms with Crippen molar-refractivity contribution in [1.29, 1.82) is 0 Å². The van der Waals surface area contributed by atoms with Crippen LogP contribution in [0.1, 0.15) is 22.3 Å². The second-order valence-electron chi connectivity index (χ2n) is 19.0. The van der Waals surface area contributed by atoms with Gasteiger partial charge in [-0.2, -0.15) is 0 Å². The average molecular weight is 925 g/mol. The Hall–Kier alpha value is -9.26. The number of hydrogen-bond donors (Lipinski definition) is 0. The fraction of sp³-hybridized carbons (Fsp3) is 0.0606. The van der Waals surface area contributed by atoms with Gasteiger partial charge < -0.3 is 9.13 Å². The van der Waals surface area contributed by atoms with E-state index in [1.54, 1.807) is 0 Å². The van der Waals surface area contributed by atoms with Crippen LogP contribution in [0.5, 0.6) is 0 Å². The van der Waals surface area contributed by atoms with Crippen molar-refractivity contribution in [3.8, 4) is 78.9 Å². The van der Waals surface area contributed by atoms with E-state index in [1.807, 2.05) is 48.8 Å². The van der Waals surface area contributed by atoms with E-state index in [0.29, 0.717) is 17.5 Å². The number of fused-ring (bicyclic) bond motifs is 6. The van der Waals surface area contributed by atoms with Crippen LogP contribution in [0.25, 0.3) is 123 Å². The summed E-state index contributed by atoms with van der Waals surface area (Å²) in [6.07, 6.45) is 3.93. The Balaban J connectivity index is 1.08. The molecule has 13 rings (SSSR count). The third kappa shape index (κ3) is 7.26. The predicted molar refractivity (Wildman–Crippen MR) is 298 cm³/mol. The molecule has 0 aliphatic rings. The number of aryl methyl sites for hydroxylation is 4. The molecule has 0 aliphatic heterocycles. The minimum absolute atomic E-state index is 0.585. The van der Waals surface area contributed by atoms with Crippen LogP contribution in [0.4, 0.5) is 0 Å². The summed E-state index contributed by atoms with van der Waals surface area (Å²) in [6, 6.07) is 73.9. The van der Waals surface area contributed by atoms with Gasteiger partial charge in [0.2, 0.25) is 0 Å². The van der Waals surface area contributed by atoms with Gasteiger partial charge in [-0.05, 0) is 110 Å². The predicted octanol–water partition coefficient (Wildman–Crippen LogP) is 16.7. The van der Waals surface area contributed by atoms with Crippen LogP contribution in [0.2, 0.25) is 0 Å². The summed E-state index contributed by atoms with van der Waals surface area (Å²) in [5.41, 5.74) is 21.0. The van der Waals surface area contributed by atoms with Crippen LogP contribution in [0, 0.1) is 27.7 Å². The molecule has 0 amide bonds. The Morgan fingerprint density at radius 2 is 0.750 bits per heavy atom. The van der Waals surface area contributed by atoms with Gasteiger partial charge in [0, 0.05) is 61.8 Å². The first-order valence-corrected chi connectivity index (χ1v) is 24.5. The van der Waals surface area contributed by atoms with Crippen molar-refractivity contribution in [2.24, 2.45) is 0 Å². The zero-order valence-electron chi connectivity index (χ0n) is 40.5. The summed E-state index contributed by atoms with van der Waals surface area (Å²) in [5.74, 6) is 1.81. The van der Waals surface area contributed by atoms with Crippen LogP contribution in [-0.4, -0.2) is 29.1 Å². The molecule has 0 fully saturated rings. The van der Waals surface area contributed by atoms with Gasteiger partial charge in [0.15, 0.2) is 17.5 Å². The molecular formula is C66H48N6. The van der Waals surface area contributed by atoms with Gasteiger partial charge in [0.05, 0.1) is 33.4 Å². The van der Waals surface area contributed by atoms with Crippen molar-refractivity contribution in [2.75, 3.05) is 0 Å². The molecule has 6 heteroatoms. The van der Waals surface area contributed by atoms with Gasteiger partial charge in [-0.1, -0.05) is 169 Å². The van der Waals surface area contributed by atoms with Crippen molar-refractivity contribution in [3.05, 3.63) is 241 Å². The molecule has 4 aromatic heterocycles. The summed E-state index contributed by atoms with van der Waals surface area (Å²) >= 11 is 0. The second kappa shape index (κ2) is 17.3. The Kier molecular flexibility index (Phi) is 10.3. The van der Waals surface area contributed by atoms with E-state index in [-0.39, 0.29) is 0 Å². The first-order valence-electron chi connectivity index (χ1n) is 24.5. The smallest absolute Gasteiger partial charge is 0.164 e. The van der Waals surface area contributed by atoms with Crippen LogP contribution in [0.15, 0.2) is 219 Å². The highest BCUT2D eigenvalue weighted by Gasteiger charge is 2.23. The van der Waals surface area contributed by atoms with Crippen LogP contribution in [0.3, 0.4) is 0 Å². The van der Waals surface area contributed by atoms with Crippen molar-refractivity contribution in [2.45, 2.75) is 27.7 Å². The highest BCUT2D eigenvalue weighted by molar-refractivity contribution is 6.13. The molecule has 0 spiro atoms. The number of benzene rings is 9. The van der Waals surface area contributed by atoms with Crippen LogP contribution < -0.4 is 0 Å². The number of para-hydroxylation sites is 2. The molecule has 0 atom stereocenters. The van der Waals surface area contributed by atoms with Crippen LogP contribution >= 0.6 is 0 Å². The van der Waals surface area contributed by atoms with Crippen molar-refractivity contribution in [1.82, 2.24) is 29.1 Å². The van der Waals surface area contributed by atoms with E-state index >= 15 is 0 Å². The zero-order chi connectivity index (χ0) is 48.5. The molecule has 0 saturated heterocycles. The van der Waals surface area contributed by atoms with Gasteiger partial charge in [0.1, 0.15) is 0 Å². The Labute approximate surface area is 418 Å². The van der Waals surface area contributed by atoms with E-state index in [2.05, 4.69) is 207 Å². The lowest BCUT2D eigenvalue weighted by Gasteiger charge is -2.19. The van der Waals surface area contributed by atoms with Gasteiger partial charge in [0.25, 0.3) is 0 Å². The van der Waals surface area contributed by atoms with Crippen LogP contribution in [-0.2, 0) is 0 Å². The molecule has 0 bridgehead atoms. The lowest BCUT2D eigenvalue weighted by molar-refractivity contribution is 1.07. The van der Waals surface area contributed by atoms with E-state index < -0.39 is 0 Å². The Morgan fingerprint density at radius 3 is 1.28 bits per heavy atom. The van der Waals surface area contributed by atoms with Crippen molar-refractivity contribution >= 4 is 43.6 Å². The molecule has 13 aromatic rings. The molecule has 9 aromatic carbocycles. The fourth-order valence-electron chi connectivity index (χ4n) is 10.9. The van der Waals surface area contributed by atoms with E-state index in [4.69, 9.17) is 19.9 Å². The third-order valence-electron chi connectivity index (χ3n) is 14.3. The third-order valence-corrected chi connectivity index (χ3v) is 14.3. The average Bonchev–Trinajstić information content (AvgIpc) is 3.93. The standard InChI is InChI=1S/C66H48N6/c1-41-23-28-50(43(3)35-41)47-26-31-60-55(37-47)52-19-11-13-21-58(52)71(60)62-33-34-67-40-57(62)54-30-25-49(66-69-64(45-15-7-5-8-16-45)68-65(70-66)46-17-9-6-10-18-46)39-63(54)72-59-22-14-12-20-53(59)56-38-48(27-32-61(56)72)51-29-24-42(2)36-44(51)4/h5-40H,1-4H3. The number of rotatable bonds is 8. The van der Waals surface area contributed by atoms with E-state index in [1.165, 1.54) is 66.1 Å². The monoisotopic (exact) mass is 924 g/mol. The maximum atomic E-state index is 5.23. The fourth-order valence-corrected chi connectivity index (χ4v) is 10.9. The van der Waals surface area contributed by atoms with Gasteiger partial charge >= 0.3 is 0 Å². The summed E-state index contributed by atoms with van der Waals surface area (Å²) in [6.45, 7) is 8.71. The summed E-state index contributed by atoms with van der Waals surface area (Å²) in [5, 5.41) is 4.73. The molecule has 342 valence electrons. The van der Waals surface area contributed by atoms with Gasteiger partial charge in [-0.25, -0.2) is 15.0 Å². The maximum Gasteiger partial charge on any atom is 0.164 e. The molecule has 0 unspecified atom stereocenters. The first-order chi connectivity index (χ1) is 35.3. The van der Waals surface area contributed by atoms with E-state index in [0.717, 1.165) is 61.3 Å². The number of pyridine rings is 1. The van der Waals surface area contributed by atoms with Crippen molar-refractivity contribution in [3.63, 3.8) is 0 Å². The minimum atomic E-state index is 0.585. The summed E-state index contributed by atoms with van der Waals surface area (Å²) < 4.78 is 4.84. The first kappa shape index (κ1) is 42.8. The molecular weight excluding hydrogens is 877 g/mol. The quantitative estimate of drug-likeness (QED) is 0.152. The highest BCUT2D eigenvalue weighted by atomic mass is 15.0. The largest absolute Gasteiger partial charge is 0.309 e. The Morgan fingerprint density at radius 1 is 0.306 bits per heavy atom. The SMILES string of the molecule is Cc1ccc(-c2ccc3c(c2)c2ccccc2n3-c2ccncc2-c2ccc(-c3nc(-c4ccccc4)nc(-c4ccccc4)n3)cc2-n2c3ccccc3c3cc(-c4ccc(C)cc4C)ccc32)c(C)c1. The molecule has 4 heterocycles. The molecule has 0 N–H and O–H groups in total. The topological polar surface area (TPSA) is 61.4 Å². The van der Waals surface area contributed by atoms with Gasteiger partial charge in [-0.15, -0.1) is 0 Å². The zero-order valence-corrected chi connectivity index (χ0v) is 40.5. The number of aromatic nitrogens is 6. The number of nitrogens with zero attached hydrogens (tertiary/aromatic N) is 6. The van der Waals surface area contributed by atoms with Gasteiger partial charge in [-0.3, -0.25) is 4.98 Å². The lowest BCUT2D eigenvalue weighted by atomic mass is 9.97. The van der Waals surface area contributed by atoms with Crippen molar-refractivity contribution < 1.29 is 0 Å². The lowest BCUT2D eigenvalue weighted by Crippen LogP contribution is -2.04. The normalized spacial score (nSPS) is 11.6. The molecule has 0 saturated carbocycles. The maximum absolute atomic E-state index is 5.23. The summed E-state index contributed by atoms with van der Waals surface area (Å²) in [7, 11) is 0. The minimum Gasteiger partial charge on any atom is -0.309 e. The van der Waals surface area contributed by atoms with E-state index in [9.17, 15) is 0 Å². The highest BCUT2D eigenvalue weighted by Crippen LogP contribution is 2.43. The number of hydrogen-bond acceptors (Lipinski definition) is 4.